The number of benzene rings is 1. The van der Waals surface area contributed by atoms with Gasteiger partial charge in [-0.2, -0.15) is 0 Å². The topological polar surface area (TPSA) is 29.5 Å². The Labute approximate surface area is 125 Å². The molecule has 4 heteroatoms. The molecule has 0 aliphatic carbocycles. The van der Waals surface area contributed by atoms with E-state index in [4.69, 9.17) is 16.3 Å². The molecule has 1 aliphatic heterocycles. The maximum atomic E-state index is 12.6. The molecule has 1 aliphatic rings. The van der Waals surface area contributed by atoms with E-state index in [2.05, 4.69) is 18.7 Å². The Balaban J connectivity index is 2.14. The number of hydrogen-bond acceptors (Lipinski definition) is 3. The van der Waals surface area contributed by atoms with Gasteiger partial charge in [0.25, 0.3) is 0 Å². The molecule has 0 bridgehead atoms. The minimum atomic E-state index is -0.222. The molecule has 0 saturated carbocycles. The highest BCUT2D eigenvalue weighted by atomic mass is 35.5. The average molecular weight is 296 g/mol. The molecule has 1 heterocycles. The summed E-state index contributed by atoms with van der Waals surface area (Å²) in [6, 6.07) is 6.98. The van der Waals surface area contributed by atoms with E-state index in [1.54, 1.807) is 12.1 Å². The predicted octanol–water partition coefficient (Wildman–Crippen LogP) is 3.41. The lowest BCUT2D eigenvalue weighted by molar-refractivity contribution is -0.133. The van der Waals surface area contributed by atoms with Gasteiger partial charge in [0.15, 0.2) is 5.78 Å². The summed E-state index contributed by atoms with van der Waals surface area (Å²) in [4.78, 5) is 14.8. The van der Waals surface area contributed by atoms with Gasteiger partial charge in [0, 0.05) is 23.7 Å². The number of nitrogens with zero attached hydrogens (tertiary/aromatic N) is 1. The lowest BCUT2D eigenvalue weighted by atomic mass is 9.99. The normalized spacial score (nSPS) is 24.4. The molecular weight excluding hydrogens is 274 g/mol. The highest BCUT2D eigenvalue weighted by Gasteiger charge is 2.35. The van der Waals surface area contributed by atoms with Gasteiger partial charge in [-0.25, -0.2) is 0 Å². The fraction of sp³-hybridized carbons (Fsp3) is 0.562. The number of rotatable bonds is 3. The van der Waals surface area contributed by atoms with Gasteiger partial charge >= 0.3 is 0 Å². The van der Waals surface area contributed by atoms with Gasteiger partial charge in [0.05, 0.1) is 17.7 Å². The smallest absolute Gasteiger partial charge is 0.179 e. The van der Waals surface area contributed by atoms with Gasteiger partial charge < -0.3 is 4.74 Å². The molecule has 0 radical (unpaired) electrons. The van der Waals surface area contributed by atoms with Crippen molar-refractivity contribution in [1.29, 1.82) is 0 Å². The van der Waals surface area contributed by atoms with E-state index < -0.39 is 0 Å². The highest BCUT2D eigenvalue weighted by Crippen LogP contribution is 2.24. The third-order valence-corrected chi connectivity index (χ3v) is 3.87. The number of carbonyl (C=O) groups excluding carboxylic acids is 1. The first-order valence-electron chi connectivity index (χ1n) is 7.00. The van der Waals surface area contributed by atoms with Gasteiger partial charge in [-0.1, -0.05) is 23.7 Å². The van der Waals surface area contributed by atoms with E-state index in [0.717, 1.165) is 13.1 Å². The molecule has 1 saturated heterocycles. The Bertz CT molecular complexity index is 501. The van der Waals surface area contributed by atoms with Gasteiger partial charge in [-0.3, -0.25) is 9.69 Å². The first-order chi connectivity index (χ1) is 9.28. The Kier molecular flexibility index (Phi) is 4.52. The van der Waals surface area contributed by atoms with Crippen LogP contribution in [0.15, 0.2) is 24.3 Å². The van der Waals surface area contributed by atoms with Crippen molar-refractivity contribution < 1.29 is 9.53 Å². The molecule has 0 amide bonds. The van der Waals surface area contributed by atoms with E-state index in [1.165, 1.54) is 0 Å². The van der Waals surface area contributed by atoms with Crippen LogP contribution in [0.2, 0.25) is 5.02 Å². The summed E-state index contributed by atoms with van der Waals surface area (Å²) in [5, 5.41) is 0.596. The van der Waals surface area contributed by atoms with Crippen LogP contribution < -0.4 is 0 Å². The van der Waals surface area contributed by atoms with Gasteiger partial charge in [-0.15, -0.1) is 0 Å². The van der Waals surface area contributed by atoms with Crippen molar-refractivity contribution in [3.63, 3.8) is 0 Å². The molecule has 0 N–H and O–H groups in total. The van der Waals surface area contributed by atoms with Crippen LogP contribution in [-0.4, -0.2) is 41.5 Å². The number of Topliss-reactive ketones (excluding diaryl/α,β-unsaturated/α-hetero) is 1. The van der Waals surface area contributed by atoms with Crippen LogP contribution in [-0.2, 0) is 4.74 Å². The molecule has 1 fully saturated rings. The van der Waals surface area contributed by atoms with E-state index in [-0.39, 0.29) is 23.5 Å². The van der Waals surface area contributed by atoms with Crippen molar-refractivity contribution in [1.82, 2.24) is 4.90 Å². The Hall–Kier alpha value is -0.900. The predicted molar refractivity (Wildman–Crippen MR) is 81.4 cm³/mol. The quantitative estimate of drug-likeness (QED) is 0.800. The molecule has 2 unspecified atom stereocenters. The summed E-state index contributed by atoms with van der Waals surface area (Å²) in [7, 11) is 0. The largest absolute Gasteiger partial charge is 0.370 e. The van der Waals surface area contributed by atoms with Crippen molar-refractivity contribution in [2.24, 2.45) is 0 Å². The fourth-order valence-electron chi connectivity index (χ4n) is 2.85. The third kappa shape index (κ3) is 3.60. The van der Waals surface area contributed by atoms with Crippen molar-refractivity contribution in [2.45, 2.75) is 45.4 Å². The molecule has 0 aromatic heterocycles. The molecule has 110 valence electrons. The van der Waals surface area contributed by atoms with Gasteiger partial charge in [-0.05, 0) is 39.8 Å². The van der Waals surface area contributed by atoms with Crippen LogP contribution in [0, 0.1) is 0 Å². The van der Waals surface area contributed by atoms with E-state index in [1.807, 2.05) is 26.0 Å². The fourth-order valence-corrected chi connectivity index (χ4v) is 3.04. The maximum absolute atomic E-state index is 12.6. The second-order valence-corrected chi connectivity index (χ2v) is 6.60. The van der Waals surface area contributed by atoms with Crippen LogP contribution >= 0.6 is 11.6 Å². The average Bonchev–Trinajstić information content (AvgIpc) is 2.34. The summed E-state index contributed by atoms with van der Waals surface area (Å²) in [5.74, 6) is 0.109. The zero-order chi connectivity index (χ0) is 14.9. The number of ketones is 1. The van der Waals surface area contributed by atoms with Crippen molar-refractivity contribution >= 4 is 17.4 Å². The number of ether oxygens (including phenoxy) is 1. The molecule has 2 atom stereocenters. The zero-order valence-corrected chi connectivity index (χ0v) is 13.3. The van der Waals surface area contributed by atoms with Crippen molar-refractivity contribution in [3.05, 3.63) is 34.9 Å². The van der Waals surface area contributed by atoms with Crippen LogP contribution in [0.25, 0.3) is 0 Å². The lowest BCUT2D eigenvalue weighted by Gasteiger charge is -2.43. The van der Waals surface area contributed by atoms with Crippen LogP contribution in [0.3, 0.4) is 0 Å². The maximum Gasteiger partial charge on any atom is 0.179 e. The minimum absolute atomic E-state index is 0.109. The summed E-state index contributed by atoms with van der Waals surface area (Å²) in [5.41, 5.74) is 0.447. The van der Waals surface area contributed by atoms with E-state index >= 15 is 0 Å². The van der Waals surface area contributed by atoms with Gasteiger partial charge in [0.1, 0.15) is 0 Å². The number of morpholine rings is 1. The summed E-state index contributed by atoms with van der Waals surface area (Å²) < 4.78 is 5.88. The van der Waals surface area contributed by atoms with Crippen LogP contribution in [0.4, 0.5) is 0 Å². The second-order valence-electron chi connectivity index (χ2n) is 6.17. The number of hydrogen-bond donors (Lipinski definition) is 0. The zero-order valence-electron chi connectivity index (χ0n) is 12.5. The molecule has 1 aromatic rings. The monoisotopic (exact) mass is 295 g/mol. The second kappa shape index (κ2) is 5.84. The Morgan fingerprint density at radius 1 is 1.50 bits per heavy atom. The summed E-state index contributed by atoms with van der Waals surface area (Å²) in [6.07, 6.45) is 0.133. The lowest BCUT2D eigenvalue weighted by Crippen LogP contribution is -2.56. The Morgan fingerprint density at radius 3 is 2.80 bits per heavy atom. The standard InChI is InChI=1S/C16H22ClNO2/c1-11-9-18(10-16(3,4)20-11)12(2)15(19)13-6-5-7-14(17)8-13/h5-8,11-12H,9-10H2,1-4H3. The van der Waals surface area contributed by atoms with E-state index in [9.17, 15) is 4.79 Å². The van der Waals surface area contributed by atoms with Crippen LogP contribution in [0.5, 0.6) is 0 Å². The van der Waals surface area contributed by atoms with Crippen LogP contribution in [0.1, 0.15) is 38.1 Å². The van der Waals surface area contributed by atoms with Gasteiger partial charge in [0.2, 0.25) is 0 Å². The first-order valence-corrected chi connectivity index (χ1v) is 7.38. The number of halogens is 1. The third-order valence-electron chi connectivity index (χ3n) is 3.63. The molecular formula is C16H22ClNO2. The molecule has 0 spiro atoms. The summed E-state index contributed by atoms with van der Waals surface area (Å²) in [6.45, 7) is 9.65. The molecule has 3 nitrogen and oxygen atoms in total. The van der Waals surface area contributed by atoms with Crippen molar-refractivity contribution in [2.75, 3.05) is 13.1 Å². The minimum Gasteiger partial charge on any atom is -0.370 e. The molecule has 1 aromatic carbocycles. The number of carbonyl (C=O) groups is 1. The van der Waals surface area contributed by atoms with E-state index in [0.29, 0.717) is 10.6 Å². The molecule has 2 rings (SSSR count). The first kappa shape index (κ1) is 15.5. The summed E-state index contributed by atoms with van der Waals surface area (Å²) >= 11 is 5.96. The van der Waals surface area contributed by atoms with Crippen molar-refractivity contribution in [3.8, 4) is 0 Å². The Morgan fingerprint density at radius 2 is 2.20 bits per heavy atom. The SMILES string of the molecule is CC1CN(C(C)C(=O)c2cccc(Cl)c2)CC(C)(C)O1. The highest BCUT2D eigenvalue weighted by molar-refractivity contribution is 6.31. The molecule has 20 heavy (non-hydrogen) atoms.